The first-order valence-corrected chi connectivity index (χ1v) is 7.87. The highest BCUT2D eigenvalue weighted by molar-refractivity contribution is 7.98. The Morgan fingerprint density at radius 3 is 2.53 bits per heavy atom. The molecule has 1 aliphatic heterocycles. The number of nitrogens with zero attached hydrogens (tertiary/aromatic N) is 1. The Morgan fingerprint density at radius 1 is 1.18 bits per heavy atom. The van der Waals surface area contributed by atoms with Crippen LogP contribution in [0.1, 0.15) is 19.3 Å². The number of hydrogen-bond acceptors (Lipinski definition) is 3. The Hall–Kier alpha value is -0.830. The van der Waals surface area contributed by atoms with Gasteiger partial charge in [0, 0.05) is 31.0 Å². The lowest BCUT2D eigenvalue weighted by Crippen LogP contribution is -2.17. The molecule has 17 heavy (non-hydrogen) atoms. The summed E-state index contributed by atoms with van der Waals surface area (Å²) < 4.78 is 0. The third-order valence-electron chi connectivity index (χ3n) is 3.19. The van der Waals surface area contributed by atoms with Gasteiger partial charge in [-0.2, -0.15) is 11.8 Å². The van der Waals surface area contributed by atoms with Gasteiger partial charge in [-0.3, -0.25) is 0 Å². The molecule has 1 aromatic carbocycles. The van der Waals surface area contributed by atoms with Gasteiger partial charge in [-0.1, -0.05) is 0 Å². The molecule has 0 amide bonds. The SMILES string of the molecule is CSCCCNc1ccc(N2CCCC2)cc1. The Labute approximate surface area is 109 Å². The molecule has 94 valence electrons. The summed E-state index contributed by atoms with van der Waals surface area (Å²) in [5.41, 5.74) is 2.62. The van der Waals surface area contributed by atoms with Crippen LogP contribution < -0.4 is 10.2 Å². The lowest BCUT2D eigenvalue weighted by atomic mass is 10.2. The summed E-state index contributed by atoms with van der Waals surface area (Å²) in [7, 11) is 0. The van der Waals surface area contributed by atoms with Crippen LogP contribution in [-0.2, 0) is 0 Å². The summed E-state index contributed by atoms with van der Waals surface area (Å²) in [6, 6.07) is 8.88. The van der Waals surface area contributed by atoms with E-state index in [0.29, 0.717) is 0 Å². The Kier molecular flexibility index (Phi) is 5.05. The average molecular weight is 250 g/mol. The van der Waals surface area contributed by atoms with E-state index < -0.39 is 0 Å². The molecule has 2 nitrogen and oxygen atoms in total. The van der Waals surface area contributed by atoms with Gasteiger partial charge in [0.25, 0.3) is 0 Å². The zero-order valence-electron chi connectivity index (χ0n) is 10.6. The van der Waals surface area contributed by atoms with Gasteiger partial charge in [-0.25, -0.2) is 0 Å². The van der Waals surface area contributed by atoms with Gasteiger partial charge >= 0.3 is 0 Å². The molecule has 0 saturated carbocycles. The van der Waals surface area contributed by atoms with Gasteiger partial charge in [0.1, 0.15) is 0 Å². The van der Waals surface area contributed by atoms with Crippen molar-refractivity contribution in [1.82, 2.24) is 0 Å². The largest absolute Gasteiger partial charge is 0.385 e. The van der Waals surface area contributed by atoms with E-state index in [-0.39, 0.29) is 0 Å². The summed E-state index contributed by atoms with van der Waals surface area (Å²) in [6.07, 6.45) is 6.07. The van der Waals surface area contributed by atoms with Gasteiger partial charge in [0.2, 0.25) is 0 Å². The number of anilines is 2. The average Bonchev–Trinajstić information content (AvgIpc) is 2.89. The van der Waals surface area contributed by atoms with Crippen molar-refractivity contribution < 1.29 is 0 Å². The maximum absolute atomic E-state index is 3.47. The summed E-state index contributed by atoms with van der Waals surface area (Å²) in [6.45, 7) is 3.52. The van der Waals surface area contributed by atoms with Crippen LogP contribution in [0.15, 0.2) is 24.3 Å². The maximum atomic E-state index is 3.47. The standard InChI is InChI=1S/C14H22N2S/c1-17-12-4-9-15-13-5-7-14(8-6-13)16-10-2-3-11-16/h5-8,15H,2-4,9-12H2,1H3. The van der Waals surface area contributed by atoms with Crippen molar-refractivity contribution >= 4 is 23.1 Å². The lowest BCUT2D eigenvalue weighted by Gasteiger charge is -2.18. The summed E-state index contributed by atoms with van der Waals surface area (Å²) in [4.78, 5) is 2.47. The molecular formula is C14H22N2S. The highest BCUT2D eigenvalue weighted by Gasteiger charge is 2.11. The van der Waals surface area contributed by atoms with E-state index in [0.717, 1.165) is 6.54 Å². The molecule has 3 heteroatoms. The minimum Gasteiger partial charge on any atom is -0.385 e. The van der Waals surface area contributed by atoms with Crippen LogP contribution >= 0.6 is 11.8 Å². The topological polar surface area (TPSA) is 15.3 Å². The maximum Gasteiger partial charge on any atom is 0.0367 e. The molecule has 1 aliphatic rings. The predicted molar refractivity (Wildman–Crippen MR) is 79.4 cm³/mol. The van der Waals surface area contributed by atoms with Crippen LogP contribution in [0.4, 0.5) is 11.4 Å². The molecular weight excluding hydrogens is 228 g/mol. The summed E-state index contributed by atoms with van der Waals surface area (Å²) in [5, 5.41) is 3.47. The molecule has 1 N–H and O–H groups in total. The van der Waals surface area contributed by atoms with Crippen molar-refractivity contribution in [2.75, 3.05) is 41.9 Å². The van der Waals surface area contributed by atoms with Crippen molar-refractivity contribution in [3.63, 3.8) is 0 Å². The molecule has 0 radical (unpaired) electrons. The van der Waals surface area contributed by atoms with Crippen molar-refractivity contribution in [3.8, 4) is 0 Å². The first-order chi connectivity index (χ1) is 8.40. The second kappa shape index (κ2) is 6.80. The molecule has 1 heterocycles. The fraction of sp³-hybridized carbons (Fsp3) is 0.571. The molecule has 0 spiro atoms. The van der Waals surface area contributed by atoms with E-state index in [2.05, 4.69) is 40.7 Å². The van der Waals surface area contributed by atoms with Crippen LogP contribution in [0.25, 0.3) is 0 Å². The van der Waals surface area contributed by atoms with Crippen LogP contribution in [0.2, 0.25) is 0 Å². The van der Waals surface area contributed by atoms with Crippen molar-refractivity contribution in [2.45, 2.75) is 19.3 Å². The van der Waals surface area contributed by atoms with E-state index in [9.17, 15) is 0 Å². The first kappa shape index (κ1) is 12.6. The van der Waals surface area contributed by atoms with Crippen molar-refractivity contribution in [1.29, 1.82) is 0 Å². The molecule has 1 saturated heterocycles. The fourth-order valence-corrected chi connectivity index (χ4v) is 2.65. The van der Waals surface area contributed by atoms with Gasteiger partial charge in [0.15, 0.2) is 0 Å². The third kappa shape index (κ3) is 3.84. The molecule has 0 aromatic heterocycles. The fourth-order valence-electron chi connectivity index (χ4n) is 2.21. The van der Waals surface area contributed by atoms with Gasteiger partial charge in [-0.05, 0) is 55.5 Å². The highest BCUT2D eigenvalue weighted by atomic mass is 32.2. The normalized spacial score (nSPS) is 15.2. The van der Waals surface area contributed by atoms with Crippen molar-refractivity contribution in [3.05, 3.63) is 24.3 Å². The van der Waals surface area contributed by atoms with E-state index in [1.165, 1.54) is 49.5 Å². The smallest absolute Gasteiger partial charge is 0.0367 e. The quantitative estimate of drug-likeness (QED) is 0.779. The number of thioether (sulfide) groups is 1. The third-order valence-corrected chi connectivity index (χ3v) is 3.89. The molecule has 0 bridgehead atoms. The second-order valence-electron chi connectivity index (χ2n) is 4.51. The second-order valence-corrected chi connectivity index (χ2v) is 5.50. The van der Waals surface area contributed by atoms with Gasteiger partial charge < -0.3 is 10.2 Å². The lowest BCUT2D eigenvalue weighted by molar-refractivity contribution is 0.949. The van der Waals surface area contributed by atoms with Crippen LogP contribution in [-0.4, -0.2) is 31.6 Å². The predicted octanol–water partition coefficient (Wildman–Crippen LogP) is 3.45. The minimum atomic E-state index is 1.07. The molecule has 0 atom stereocenters. The van der Waals surface area contributed by atoms with Crippen LogP contribution in [0, 0.1) is 0 Å². The number of rotatable bonds is 6. The van der Waals surface area contributed by atoms with E-state index in [1.807, 2.05) is 11.8 Å². The number of hydrogen-bond donors (Lipinski definition) is 1. The molecule has 1 fully saturated rings. The van der Waals surface area contributed by atoms with E-state index in [1.54, 1.807) is 0 Å². The Morgan fingerprint density at radius 2 is 1.88 bits per heavy atom. The zero-order valence-corrected chi connectivity index (χ0v) is 11.4. The summed E-state index contributed by atoms with van der Waals surface area (Å²) >= 11 is 1.91. The molecule has 0 aliphatic carbocycles. The summed E-state index contributed by atoms with van der Waals surface area (Å²) in [5.74, 6) is 1.23. The van der Waals surface area contributed by atoms with Crippen LogP contribution in [0.3, 0.4) is 0 Å². The number of nitrogens with one attached hydrogen (secondary N) is 1. The minimum absolute atomic E-state index is 1.07. The molecule has 2 rings (SSSR count). The van der Waals surface area contributed by atoms with Crippen LogP contribution in [0.5, 0.6) is 0 Å². The monoisotopic (exact) mass is 250 g/mol. The van der Waals surface area contributed by atoms with E-state index >= 15 is 0 Å². The Bertz CT molecular complexity index is 317. The molecule has 0 unspecified atom stereocenters. The van der Waals surface area contributed by atoms with Gasteiger partial charge in [-0.15, -0.1) is 0 Å². The van der Waals surface area contributed by atoms with Gasteiger partial charge in [0.05, 0.1) is 0 Å². The zero-order chi connectivity index (χ0) is 11.9. The number of benzene rings is 1. The Balaban J connectivity index is 1.80. The van der Waals surface area contributed by atoms with E-state index in [4.69, 9.17) is 0 Å². The first-order valence-electron chi connectivity index (χ1n) is 6.48. The van der Waals surface area contributed by atoms with Crippen molar-refractivity contribution in [2.24, 2.45) is 0 Å². The highest BCUT2D eigenvalue weighted by Crippen LogP contribution is 2.21. The molecule has 1 aromatic rings.